The molecule has 4 N–H and O–H groups in total. The number of thiophene rings is 1. The molecule has 2 aromatic heterocycles. The second-order valence-electron chi connectivity index (χ2n) is 7.74. The van der Waals surface area contributed by atoms with Gasteiger partial charge in [-0.1, -0.05) is 6.07 Å². The monoisotopic (exact) mass is 472 g/mol. The topological polar surface area (TPSA) is 153 Å². The number of aromatic nitrogens is 2. The van der Waals surface area contributed by atoms with Crippen molar-refractivity contribution < 1.29 is 24.6 Å². The summed E-state index contributed by atoms with van der Waals surface area (Å²) in [6.45, 7) is 2.84. The number of hydrogen-bond acceptors (Lipinski definition) is 7. The predicted octanol–water partition coefficient (Wildman–Crippen LogP) is 1.97. The highest BCUT2D eigenvalue weighted by molar-refractivity contribution is 7.14. The third-order valence-corrected chi connectivity index (χ3v) is 5.97. The molecule has 11 heteroatoms. The summed E-state index contributed by atoms with van der Waals surface area (Å²) >= 11 is 1.24. The first kappa shape index (κ1) is 24.1. The van der Waals surface area contributed by atoms with Gasteiger partial charge in [0.1, 0.15) is 11.9 Å². The molecule has 3 aromatic rings. The number of carboxylic acid groups (broad SMARTS) is 2. The first-order valence-corrected chi connectivity index (χ1v) is 11.0. The van der Waals surface area contributed by atoms with Crippen LogP contribution in [-0.2, 0) is 22.7 Å². The van der Waals surface area contributed by atoms with E-state index < -0.39 is 23.9 Å². The third kappa shape index (κ3) is 6.46. The van der Waals surface area contributed by atoms with Crippen molar-refractivity contribution in [1.29, 1.82) is 0 Å². The zero-order chi connectivity index (χ0) is 24.1. The molecule has 0 saturated heterocycles. The van der Waals surface area contributed by atoms with E-state index in [0.29, 0.717) is 34.7 Å². The Kier molecular flexibility index (Phi) is 7.56. The van der Waals surface area contributed by atoms with E-state index in [2.05, 4.69) is 15.3 Å². The molecule has 33 heavy (non-hydrogen) atoms. The number of aromatic amines is 1. The molecule has 1 aromatic carbocycles. The van der Waals surface area contributed by atoms with Gasteiger partial charge in [0.25, 0.3) is 11.5 Å². The van der Waals surface area contributed by atoms with Crippen LogP contribution in [0.1, 0.15) is 38.8 Å². The van der Waals surface area contributed by atoms with Crippen LogP contribution >= 0.6 is 11.3 Å². The van der Waals surface area contributed by atoms with Gasteiger partial charge in [0.05, 0.1) is 15.8 Å². The number of benzene rings is 1. The van der Waals surface area contributed by atoms with E-state index in [1.54, 1.807) is 19.1 Å². The molecule has 0 saturated carbocycles. The van der Waals surface area contributed by atoms with Crippen molar-refractivity contribution in [2.45, 2.75) is 38.9 Å². The summed E-state index contributed by atoms with van der Waals surface area (Å²) in [6, 6.07) is 7.69. The van der Waals surface area contributed by atoms with E-state index in [-0.39, 0.29) is 18.4 Å². The minimum Gasteiger partial charge on any atom is -0.481 e. The van der Waals surface area contributed by atoms with Crippen LogP contribution in [0.3, 0.4) is 0 Å². The van der Waals surface area contributed by atoms with E-state index in [0.717, 1.165) is 10.4 Å². The molecule has 174 valence electrons. The van der Waals surface area contributed by atoms with Crippen molar-refractivity contribution in [2.75, 3.05) is 7.05 Å². The highest BCUT2D eigenvalue weighted by atomic mass is 32.1. The number of H-pyrrole nitrogens is 1. The molecule has 0 bridgehead atoms. The van der Waals surface area contributed by atoms with Gasteiger partial charge in [0, 0.05) is 24.4 Å². The molecule has 0 fully saturated rings. The number of carboxylic acids is 2. The van der Waals surface area contributed by atoms with E-state index in [1.165, 1.54) is 11.3 Å². The zero-order valence-corrected chi connectivity index (χ0v) is 18.9. The Morgan fingerprint density at radius 3 is 2.64 bits per heavy atom. The standard InChI is InChI=1S/C22H24N4O6S/c1-12-23-16-5-3-13(9-15(16)20(29)24-12)10-26(2)11-14-4-7-18(33-14)21(30)25-17(22(31)32)6-8-19(27)28/h3-5,7,9,17H,6,8,10-11H2,1-2H3,(H,25,30)(H,27,28)(H,31,32)(H,23,24,29)/t17-/m0/s1. The molecule has 0 aliphatic carbocycles. The van der Waals surface area contributed by atoms with Gasteiger partial charge in [-0.05, 0) is 50.2 Å². The molecule has 0 radical (unpaired) electrons. The van der Waals surface area contributed by atoms with Crippen LogP contribution in [0, 0.1) is 6.92 Å². The van der Waals surface area contributed by atoms with Gasteiger partial charge in [-0.25, -0.2) is 9.78 Å². The number of carbonyl (C=O) groups excluding carboxylic acids is 1. The molecule has 10 nitrogen and oxygen atoms in total. The number of aryl methyl sites for hydroxylation is 1. The van der Waals surface area contributed by atoms with Crippen molar-refractivity contribution in [3.63, 3.8) is 0 Å². The molecular weight excluding hydrogens is 448 g/mol. The van der Waals surface area contributed by atoms with Crippen LogP contribution in [0.15, 0.2) is 35.1 Å². The van der Waals surface area contributed by atoms with Gasteiger partial charge < -0.3 is 20.5 Å². The quantitative estimate of drug-likeness (QED) is 0.349. The van der Waals surface area contributed by atoms with Crippen LogP contribution in [0.25, 0.3) is 10.9 Å². The molecule has 0 unspecified atom stereocenters. The number of carbonyl (C=O) groups is 3. The second kappa shape index (κ2) is 10.4. The van der Waals surface area contributed by atoms with Gasteiger partial charge in [-0.15, -0.1) is 11.3 Å². The fourth-order valence-corrected chi connectivity index (χ4v) is 4.37. The van der Waals surface area contributed by atoms with Gasteiger partial charge >= 0.3 is 11.9 Å². The Labute approximate surface area is 192 Å². The number of amides is 1. The van der Waals surface area contributed by atoms with Crippen molar-refractivity contribution in [2.24, 2.45) is 0 Å². The van der Waals surface area contributed by atoms with Crippen molar-refractivity contribution in [1.82, 2.24) is 20.2 Å². The summed E-state index contributed by atoms with van der Waals surface area (Å²) in [4.78, 5) is 56.9. The fraction of sp³-hybridized carbons (Fsp3) is 0.318. The maximum Gasteiger partial charge on any atom is 0.326 e. The van der Waals surface area contributed by atoms with Crippen LogP contribution < -0.4 is 10.9 Å². The lowest BCUT2D eigenvalue weighted by Crippen LogP contribution is -2.40. The van der Waals surface area contributed by atoms with Gasteiger partial charge in [-0.2, -0.15) is 0 Å². The average molecular weight is 473 g/mol. The SMILES string of the molecule is Cc1nc2ccc(CN(C)Cc3ccc(C(=O)N[C@@H](CCC(=O)O)C(=O)O)s3)cc2c(=O)[nH]1. The van der Waals surface area contributed by atoms with Crippen LogP contribution in [0.4, 0.5) is 0 Å². The van der Waals surface area contributed by atoms with E-state index in [4.69, 9.17) is 5.11 Å². The molecule has 0 spiro atoms. The minimum atomic E-state index is -1.28. The number of rotatable bonds is 10. The molecule has 0 aliphatic rings. The molecule has 1 atom stereocenters. The Hall–Kier alpha value is -3.57. The van der Waals surface area contributed by atoms with E-state index in [1.807, 2.05) is 30.1 Å². The molecule has 1 amide bonds. The number of fused-ring (bicyclic) bond motifs is 1. The molecule has 2 heterocycles. The summed E-state index contributed by atoms with van der Waals surface area (Å²) < 4.78 is 0. The first-order valence-electron chi connectivity index (χ1n) is 10.1. The highest BCUT2D eigenvalue weighted by Gasteiger charge is 2.22. The largest absolute Gasteiger partial charge is 0.481 e. The normalized spacial score (nSPS) is 12.1. The Morgan fingerprint density at radius 1 is 1.18 bits per heavy atom. The lowest BCUT2D eigenvalue weighted by atomic mass is 10.1. The summed E-state index contributed by atoms with van der Waals surface area (Å²) in [5.74, 6) is -2.39. The van der Waals surface area contributed by atoms with Crippen LogP contribution in [0.2, 0.25) is 0 Å². The first-order chi connectivity index (χ1) is 15.6. The average Bonchev–Trinajstić information content (AvgIpc) is 3.19. The third-order valence-electron chi connectivity index (χ3n) is 4.90. The van der Waals surface area contributed by atoms with Crippen LogP contribution in [0.5, 0.6) is 0 Å². The molecular formula is C22H24N4O6S. The van der Waals surface area contributed by atoms with Gasteiger partial charge in [0.2, 0.25) is 0 Å². The summed E-state index contributed by atoms with van der Waals surface area (Å²) in [5.41, 5.74) is 1.40. The molecule has 3 rings (SSSR count). The predicted molar refractivity (Wildman–Crippen MR) is 122 cm³/mol. The lowest BCUT2D eigenvalue weighted by molar-refractivity contribution is -0.140. The maximum absolute atomic E-state index is 12.4. The number of aliphatic carboxylic acids is 2. The summed E-state index contributed by atoms with van der Waals surface area (Å²) in [5, 5.41) is 20.8. The Morgan fingerprint density at radius 2 is 1.94 bits per heavy atom. The fourth-order valence-electron chi connectivity index (χ4n) is 3.37. The zero-order valence-electron chi connectivity index (χ0n) is 18.1. The lowest BCUT2D eigenvalue weighted by Gasteiger charge is -2.16. The highest BCUT2D eigenvalue weighted by Crippen LogP contribution is 2.20. The van der Waals surface area contributed by atoms with Crippen molar-refractivity contribution in [3.05, 3.63) is 61.8 Å². The number of nitrogens with one attached hydrogen (secondary N) is 2. The minimum absolute atomic E-state index is 0.182. The Bertz CT molecular complexity index is 1250. The van der Waals surface area contributed by atoms with Crippen molar-refractivity contribution in [3.8, 4) is 0 Å². The smallest absolute Gasteiger partial charge is 0.326 e. The Balaban J connectivity index is 1.62. The van der Waals surface area contributed by atoms with E-state index >= 15 is 0 Å². The van der Waals surface area contributed by atoms with Gasteiger partial charge in [0.15, 0.2) is 0 Å². The number of nitrogens with zero attached hydrogens (tertiary/aromatic N) is 2. The second-order valence-corrected chi connectivity index (χ2v) is 8.91. The summed E-state index contributed by atoms with van der Waals surface area (Å²) in [7, 11) is 1.91. The van der Waals surface area contributed by atoms with Crippen LogP contribution in [-0.4, -0.2) is 56.0 Å². The van der Waals surface area contributed by atoms with E-state index in [9.17, 15) is 24.3 Å². The maximum atomic E-state index is 12.4. The number of hydrogen-bond donors (Lipinski definition) is 4. The molecule has 0 aliphatic heterocycles. The van der Waals surface area contributed by atoms with Crippen molar-refractivity contribution >= 4 is 40.1 Å². The summed E-state index contributed by atoms with van der Waals surface area (Å²) in [6.07, 6.45) is -0.547. The van der Waals surface area contributed by atoms with Gasteiger partial charge in [-0.3, -0.25) is 19.3 Å².